The second-order valence-electron chi connectivity index (χ2n) is 4.93. The van der Waals surface area contributed by atoms with Crippen LogP contribution in [0.1, 0.15) is 26.6 Å². The summed E-state index contributed by atoms with van der Waals surface area (Å²) in [6.07, 6.45) is 5.30. The maximum absolute atomic E-state index is 12.9. The third kappa shape index (κ3) is 3.95. The van der Waals surface area contributed by atoms with E-state index in [1.165, 1.54) is 35.9 Å². The van der Waals surface area contributed by atoms with Gasteiger partial charge < -0.3 is 0 Å². The molecule has 1 N–H and O–H groups in total. The molecule has 1 aromatic carbocycles. The van der Waals surface area contributed by atoms with Crippen LogP contribution in [0.4, 0.5) is 9.52 Å². The zero-order valence-corrected chi connectivity index (χ0v) is 13.1. The highest BCUT2D eigenvalue weighted by molar-refractivity contribution is 7.15. The van der Waals surface area contributed by atoms with Crippen molar-refractivity contribution in [3.63, 3.8) is 0 Å². The largest absolute Gasteiger partial charge is 0.296 e. The van der Waals surface area contributed by atoms with Crippen molar-refractivity contribution in [2.24, 2.45) is 0 Å². The van der Waals surface area contributed by atoms with E-state index in [4.69, 9.17) is 0 Å². The fraction of sp³-hybridized carbons (Fsp3) is 0.125. The second-order valence-corrected chi connectivity index (χ2v) is 6.05. The third-order valence-corrected chi connectivity index (χ3v) is 3.99. The van der Waals surface area contributed by atoms with Crippen molar-refractivity contribution in [3.05, 3.63) is 70.5 Å². The molecule has 0 atom stereocenters. The average molecular weight is 328 g/mol. The predicted octanol–water partition coefficient (Wildman–Crippen LogP) is 3.22. The number of amides is 1. The SMILES string of the molecule is Cc1cnc(C(=O)Nc2ncc(Cc3ccc(F)cc3)s2)cn1. The molecule has 3 rings (SSSR count). The number of hydrogen-bond donors (Lipinski definition) is 1. The minimum atomic E-state index is -0.347. The molecule has 0 radical (unpaired) electrons. The Morgan fingerprint density at radius 2 is 1.91 bits per heavy atom. The van der Waals surface area contributed by atoms with E-state index in [0.29, 0.717) is 11.6 Å². The highest BCUT2D eigenvalue weighted by Crippen LogP contribution is 2.21. The fourth-order valence-electron chi connectivity index (χ4n) is 1.92. The lowest BCUT2D eigenvalue weighted by Crippen LogP contribution is -2.13. The molecule has 23 heavy (non-hydrogen) atoms. The Morgan fingerprint density at radius 3 is 2.61 bits per heavy atom. The van der Waals surface area contributed by atoms with E-state index in [0.717, 1.165) is 16.1 Å². The number of aryl methyl sites for hydroxylation is 1. The lowest BCUT2D eigenvalue weighted by Gasteiger charge is -2.00. The molecule has 7 heteroatoms. The van der Waals surface area contributed by atoms with Crippen LogP contribution in [0.15, 0.2) is 42.9 Å². The van der Waals surface area contributed by atoms with Gasteiger partial charge in [-0.1, -0.05) is 12.1 Å². The monoisotopic (exact) mass is 328 g/mol. The summed E-state index contributed by atoms with van der Waals surface area (Å²) < 4.78 is 12.9. The summed E-state index contributed by atoms with van der Waals surface area (Å²) in [7, 11) is 0. The van der Waals surface area contributed by atoms with Gasteiger partial charge in [0.1, 0.15) is 11.5 Å². The van der Waals surface area contributed by atoms with E-state index in [-0.39, 0.29) is 17.4 Å². The summed E-state index contributed by atoms with van der Waals surface area (Å²) in [5.74, 6) is -0.606. The number of rotatable bonds is 4. The van der Waals surface area contributed by atoms with Crippen molar-refractivity contribution in [2.75, 3.05) is 5.32 Å². The Kier molecular flexibility index (Phi) is 4.38. The number of benzene rings is 1. The lowest BCUT2D eigenvalue weighted by molar-refractivity contribution is 0.102. The zero-order chi connectivity index (χ0) is 16.2. The van der Waals surface area contributed by atoms with Crippen LogP contribution in [0.3, 0.4) is 0 Å². The number of anilines is 1. The maximum Gasteiger partial charge on any atom is 0.277 e. The molecule has 0 aliphatic heterocycles. The van der Waals surface area contributed by atoms with Gasteiger partial charge in [0.05, 0.1) is 11.9 Å². The van der Waals surface area contributed by atoms with E-state index >= 15 is 0 Å². The summed E-state index contributed by atoms with van der Waals surface area (Å²) in [6, 6.07) is 6.31. The maximum atomic E-state index is 12.9. The van der Waals surface area contributed by atoms with Gasteiger partial charge in [-0.15, -0.1) is 11.3 Å². The summed E-state index contributed by atoms with van der Waals surface area (Å²) in [5.41, 5.74) is 1.97. The zero-order valence-electron chi connectivity index (χ0n) is 12.3. The normalized spacial score (nSPS) is 10.5. The first-order valence-electron chi connectivity index (χ1n) is 6.89. The molecular formula is C16H13FN4OS. The topological polar surface area (TPSA) is 67.8 Å². The van der Waals surface area contributed by atoms with Crippen LogP contribution < -0.4 is 5.32 Å². The first kappa shape index (κ1) is 15.2. The van der Waals surface area contributed by atoms with Crippen LogP contribution >= 0.6 is 11.3 Å². The minimum absolute atomic E-state index is 0.242. The molecule has 0 fully saturated rings. The average Bonchev–Trinajstić information content (AvgIpc) is 2.97. The molecule has 3 aromatic rings. The number of aromatic nitrogens is 3. The summed E-state index contributed by atoms with van der Waals surface area (Å²) in [6.45, 7) is 1.80. The lowest BCUT2D eigenvalue weighted by atomic mass is 10.1. The predicted molar refractivity (Wildman–Crippen MR) is 86.0 cm³/mol. The van der Waals surface area contributed by atoms with Crippen molar-refractivity contribution in [2.45, 2.75) is 13.3 Å². The van der Waals surface area contributed by atoms with Gasteiger partial charge >= 0.3 is 0 Å². The van der Waals surface area contributed by atoms with Crippen LogP contribution in [0.25, 0.3) is 0 Å². The highest BCUT2D eigenvalue weighted by atomic mass is 32.1. The van der Waals surface area contributed by atoms with E-state index in [2.05, 4.69) is 20.3 Å². The molecule has 0 saturated heterocycles. The molecule has 0 unspecified atom stereocenters. The van der Waals surface area contributed by atoms with Crippen molar-refractivity contribution < 1.29 is 9.18 Å². The molecule has 0 spiro atoms. The van der Waals surface area contributed by atoms with Crippen LogP contribution in [-0.4, -0.2) is 20.9 Å². The molecule has 2 heterocycles. The van der Waals surface area contributed by atoms with Gasteiger partial charge in [0.25, 0.3) is 5.91 Å². The molecule has 116 valence electrons. The summed E-state index contributed by atoms with van der Waals surface area (Å²) >= 11 is 1.37. The van der Waals surface area contributed by atoms with Gasteiger partial charge in [0.2, 0.25) is 0 Å². The Bertz CT molecular complexity index is 815. The van der Waals surface area contributed by atoms with Gasteiger partial charge in [-0.25, -0.2) is 14.4 Å². The molecule has 0 bridgehead atoms. The fourth-order valence-corrected chi connectivity index (χ4v) is 2.76. The number of carbonyl (C=O) groups is 1. The number of nitrogens with one attached hydrogen (secondary N) is 1. The minimum Gasteiger partial charge on any atom is -0.296 e. The first-order chi connectivity index (χ1) is 11.1. The summed E-state index contributed by atoms with van der Waals surface area (Å²) in [5, 5.41) is 3.19. The van der Waals surface area contributed by atoms with Crippen molar-refractivity contribution in [3.8, 4) is 0 Å². The molecular weight excluding hydrogens is 315 g/mol. The first-order valence-corrected chi connectivity index (χ1v) is 7.71. The van der Waals surface area contributed by atoms with Crippen molar-refractivity contribution in [1.82, 2.24) is 15.0 Å². The standard InChI is InChI=1S/C16H13FN4OS/c1-10-7-19-14(9-18-10)15(22)21-16-20-8-13(23-16)6-11-2-4-12(17)5-3-11/h2-5,7-9H,6H2,1H3,(H,20,21,22). The smallest absolute Gasteiger partial charge is 0.277 e. The molecule has 0 saturated carbocycles. The Morgan fingerprint density at radius 1 is 1.13 bits per heavy atom. The quantitative estimate of drug-likeness (QED) is 0.798. The molecule has 5 nitrogen and oxygen atoms in total. The van der Waals surface area contributed by atoms with E-state index in [9.17, 15) is 9.18 Å². The van der Waals surface area contributed by atoms with Gasteiger partial charge in [-0.3, -0.25) is 15.1 Å². The van der Waals surface area contributed by atoms with Gasteiger partial charge in [0.15, 0.2) is 5.13 Å². The van der Waals surface area contributed by atoms with Gasteiger partial charge in [0, 0.05) is 23.7 Å². The van der Waals surface area contributed by atoms with Gasteiger partial charge in [-0.2, -0.15) is 0 Å². The number of halogens is 1. The highest BCUT2D eigenvalue weighted by Gasteiger charge is 2.11. The number of carbonyl (C=O) groups excluding carboxylic acids is 1. The number of nitrogens with zero attached hydrogens (tertiary/aromatic N) is 3. The Labute approximate surface area is 136 Å². The number of thiazole rings is 1. The van der Waals surface area contributed by atoms with Gasteiger partial charge in [-0.05, 0) is 24.6 Å². The van der Waals surface area contributed by atoms with E-state index in [1.807, 2.05) is 0 Å². The van der Waals surface area contributed by atoms with Crippen molar-refractivity contribution >= 4 is 22.4 Å². The molecule has 1 amide bonds. The molecule has 2 aromatic heterocycles. The van der Waals surface area contributed by atoms with Crippen LogP contribution in [0, 0.1) is 12.7 Å². The number of hydrogen-bond acceptors (Lipinski definition) is 5. The third-order valence-electron chi connectivity index (χ3n) is 3.08. The van der Waals surface area contributed by atoms with E-state index < -0.39 is 0 Å². The van der Waals surface area contributed by atoms with Crippen LogP contribution in [-0.2, 0) is 6.42 Å². The van der Waals surface area contributed by atoms with Crippen LogP contribution in [0.5, 0.6) is 0 Å². The van der Waals surface area contributed by atoms with Crippen molar-refractivity contribution in [1.29, 1.82) is 0 Å². The molecule has 0 aliphatic carbocycles. The summed E-state index contributed by atoms with van der Waals surface area (Å²) in [4.78, 5) is 25.3. The van der Waals surface area contributed by atoms with Crippen LogP contribution in [0.2, 0.25) is 0 Å². The molecule has 0 aliphatic rings. The Hall–Kier alpha value is -2.67. The van der Waals surface area contributed by atoms with E-state index in [1.54, 1.807) is 25.3 Å². The Balaban J connectivity index is 1.66. The second kappa shape index (κ2) is 6.62.